The largest absolute Gasteiger partial charge is 0.352 e. The van der Waals surface area contributed by atoms with Crippen LogP contribution in [0.4, 0.5) is 0 Å². The van der Waals surface area contributed by atoms with Crippen LogP contribution in [-0.2, 0) is 13.0 Å². The van der Waals surface area contributed by atoms with E-state index in [1.807, 2.05) is 7.05 Å². The predicted molar refractivity (Wildman–Crippen MR) is 87.8 cm³/mol. The molecule has 2 N–H and O–H groups in total. The quantitative estimate of drug-likeness (QED) is 0.641. The summed E-state index contributed by atoms with van der Waals surface area (Å²) in [6.07, 6.45) is 5.01. The van der Waals surface area contributed by atoms with Crippen LogP contribution in [0.3, 0.4) is 0 Å². The topological polar surface area (TPSA) is 52.6 Å². The molecule has 0 amide bonds. The molecular weight excluding hydrogens is 282 g/mol. The average molecular weight is 307 g/mol. The summed E-state index contributed by atoms with van der Waals surface area (Å²) in [5.74, 6) is 0.892. The summed E-state index contributed by atoms with van der Waals surface area (Å²) in [6.45, 7) is 5.27. The van der Waals surface area contributed by atoms with E-state index in [1.54, 1.807) is 11.3 Å². The number of likely N-dealkylation sites (tertiary alicyclic amines) is 1. The number of guanidine groups is 1. The van der Waals surface area contributed by atoms with Crippen molar-refractivity contribution in [2.45, 2.75) is 51.2 Å². The third-order valence-electron chi connectivity index (χ3n) is 4.19. The summed E-state index contributed by atoms with van der Waals surface area (Å²) < 4.78 is 0. The Morgan fingerprint density at radius 1 is 1.48 bits per heavy atom. The van der Waals surface area contributed by atoms with Gasteiger partial charge < -0.3 is 10.6 Å². The molecule has 0 aromatic carbocycles. The maximum Gasteiger partial charge on any atom is 0.191 e. The maximum atomic E-state index is 4.58. The number of rotatable bonds is 5. The number of thiazole rings is 1. The first-order valence-electron chi connectivity index (χ1n) is 7.93. The zero-order valence-corrected chi connectivity index (χ0v) is 13.7. The van der Waals surface area contributed by atoms with Crippen molar-refractivity contribution in [2.75, 3.05) is 20.1 Å². The third kappa shape index (κ3) is 3.95. The van der Waals surface area contributed by atoms with E-state index in [9.17, 15) is 0 Å². The van der Waals surface area contributed by atoms with Gasteiger partial charge in [-0.25, -0.2) is 4.98 Å². The van der Waals surface area contributed by atoms with Gasteiger partial charge in [-0.05, 0) is 25.7 Å². The molecule has 21 heavy (non-hydrogen) atoms. The van der Waals surface area contributed by atoms with Crippen LogP contribution in [0.2, 0.25) is 0 Å². The first-order chi connectivity index (χ1) is 10.3. The smallest absolute Gasteiger partial charge is 0.191 e. The fraction of sp³-hybridized carbons (Fsp3) is 0.733. The van der Waals surface area contributed by atoms with Crippen molar-refractivity contribution in [1.82, 2.24) is 20.5 Å². The third-order valence-corrected chi connectivity index (χ3v) is 5.23. The summed E-state index contributed by atoms with van der Waals surface area (Å²) >= 11 is 1.73. The average Bonchev–Trinajstić information content (AvgIpc) is 3.08. The number of hydrogen-bond acceptors (Lipinski definition) is 4. The highest BCUT2D eigenvalue weighted by Crippen LogP contribution is 2.29. The summed E-state index contributed by atoms with van der Waals surface area (Å²) in [6, 6.07) is 1.40. The van der Waals surface area contributed by atoms with Crippen molar-refractivity contribution in [1.29, 1.82) is 0 Å². The Morgan fingerprint density at radius 3 is 3.00 bits per heavy atom. The molecule has 116 valence electrons. The summed E-state index contributed by atoms with van der Waals surface area (Å²) in [7, 11) is 1.83. The van der Waals surface area contributed by atoms with Gasteiger partial charge in [-0.15, -0.1) is 11.3 Å². The highest BCUT2D eigenvalue weighted by atomic mass is 32.1. The monoisotopic (exact) mass is 307 g/mol. The Labute approximate surface area is 130 Å². The Bertz CT molecular complexity index is 494. The lowest BCUT2D eigenvalue weighted by Crippen LogP contribution is -2.44. The molecule has 6 heteroatoms. The molecule has 0 spiro atoms. The summed E-state index contributed by atoms with van der Waals surface area (Å²) in [4.78, 5) is 11.5. The van der Waals surface area contributed by atoms with Crippen LogP contribution < -0.4 is 10.6 Å². The van der Waals surface area contributed by atoms with Gasteiger partial charge in [0.2, 0.25) is 0 Å². The van der Waals surface area contributed by atoms with Crippen LogP contribution in [0.1, 0.15) is 36.9 Å². The van der Waals surface area contributed by atoms with E-state index < -0.39 is 0 Å². The van der Waals surface area contributed by atoms with Crippen molar-refractivity contribution in [3.05, 3.63) is 16.1 Å². The predicted octanol–water partition coefficient (Wildman–Crippen LogP) is 1.61. The molecule has 1 aliphatic heterocycles. The molecule has 3 rings (SSSR count). The Morgan fingerprint density at radius 2 is 2.33 bits per heavy atom. The molecule has 1 aliphatic carbocycles. The van der Waals surface area contributed by atoms with E-state index in [1.165, 1.54) is 30.8 Å². The van der Waals surface area contributed by atoms with Crippen LogP contribution in [-0.4, -0.2) is 48.1 Å². The molecule has 1 atom stereocenters. The SMILES string of the molecule is CCc1nc(CNC(=NC)NC2CCN(C3CC3)C2)cs1. The second-order valence-electron chi connectivity index (χ2n) is 5.87. The van der Waals surface area contributed by atoms with Gasteiger partial charge in [-0.3, -0.25) is 9.89 Å². The van der Waals surface area contributed by atoms with Gasteiger partial charge in [-0.1, -0.05) is 6.92 Å². The minimum atomic E-state index is 0.526. The molecule has 5 nitrogen and oxygen atoms in total. The molecule has 1 saturated carbocycles. The molecule has 2 heterocycles. The molecule has 1 aromatic rings. The Kier molecular flexibility index (Phi) is 4.75. The van der Waals surface area contributed by atoms with Crippen LogP contribution in [0, 0.1) is 0 Å². The number of nitrogens with zero attached hydrogens (tertiary/aromatic N) is 3. The maximum absolute atomic E-state index is 4.58. The van der Waals surface area contributed by atoms with Crippen molar-refractivity contribution in [2.24, 2.45) is 4.99 Å². The number of nitrogens with one attached hydrogen (secondary N) is 2. The normalized spacial score (nSPS) is 23.5. The molecule has 2 fully saturated rings. The van der Waals surface area contributed by atoms with Crippen molar-refractivity contribution in [3.8, 4) is 0 Å². The van der Waals surface area contributed by atoms with Gasteiger partial charge in [0.1, 0.15) is 0 Å². The van der Waals surface area contributed by atoms with Gasteiger partial charge in [0.25, 0.3) is 0 Å². The second-order valence-corrected chi connectivity index (χ2v) is 6.81. The van der Waals surface area contributed by atoms with Crippen molar-refractivity contribution >= 4 is 17.3 Å². The lowest BCUT2D eigenvalue weighted by Gasteiger charge is -2.18. The Hall–Kier alpha value is -1.14. The van der Waals surface area contributed by atoms with Gasteiger partial charge in [0, 0.05) is 37.6 Å². The zero-order chi connectivity index (χ0) is 14.7. The molecular formula is C15H25N5S. The van der Waals surface area contributed by atoms with E-state index in [2.05, 4.69) is 37.8 Å². The van der Waals surface area contributed by atoms with Crippen molar-refractivity contribution < 1.29 is 0 Å². The molecule has 1 aromatic heterocycles. The van der Waals surface area contributed by atoms with E-state index in [0.717, 1.165) is 37.2 Å². The van der Waals surface area contributed by atoms with E-state index in [4.69, 9.17) is 0 Å². The fourth-order valence-electron chi connectivity index (χ4n) is 2.83. The summed E-state index contributed by atoms with van der Waals surface area (Å²) in [5.41, 5.74) is 1.10. The fourth-order valence-corrected chi connectivity index (χ4v) is 3.58. The lowest BCUT2D eigenvalue weighted by atomic mass is 10.3. The van der Waals surface area contributed by atoms with Crippen molar-refractivity contribution in [3.63, 3.8) is 0 Å². The lowest BCUT2D eigenvalue weighted by molar-refractivity contribution is 0.321. The molecule has 1 saturated heterocycles. The standard InChI is InChI=1S/C15H25N5S/c1-3-14-18-12(10-21-14)8-17-15(16-2)19-11-6-7-20(9-11)13-4-5-13/h10-11,13H,3-9H2,1-2H3,(H2,16,17,19). The highest BCUT2D eigenvalue weighted by molar-refractivity contribution is 7.09. The Balaban J connectivity index is 1.44. The number of aliphatic imine (C=N–C) groups is 1. The number of aromatic nitrogens is 1. The van der Waals surface area contributed by atoms with Gasteiger partial charge in [0.15, 0.2) is 5.96 Å². The zero-order valence-electron chi connectivity index (χ0n) is 12.9. The van der Waals surface area contributed by atoms with E-state index in [0.29, 0.717) is 6.04 Å². The van der Waals surface area contributed by atoms with Crippen LogP contribution >= 0.6 is 11.3 Å². The highest BCUT2D eigenvalue weighted by Gasteiger charge is 2.34. The molecule has 0 radical (unpaired) electrons. The van der Waals surface area contributed by atoms with Crippen LogP contribution in [0.5, 0.6) is 0 Å². The first-order valence-corrected chi connectivity index (χ1v) is 8.81. The van der Waals surface area contributed by atoms with Gasteiger partial charge >= 0.3 is 0 Å². The van der Waals surface area contributed by atoms with E-state index in [-0.39, 0.29) is 0 Å². The molecule has 1 unspecified atom stereocenters. The second kappa shape index (κ2) is 6.75. The van der Waals surface area contributed by atoms with Gasteiger partial charge in [-0.2, -0.15) is 0 Å². The van der Waals surface area contributed by atoms with E-state index >= 15 is 0 Å². The minimum absolute atomic E-state index is 0.526. The number of aryl methyl sites for hydroxylation is 1. The van der Waals surface area contributed by atoms with Crippen LogP contribution in [0.15, 0.2) is 10.4 Å². The number of hydrogen-bond donors (Lipinski definition) is 2. The van der Waals surface area contributed by atoms with Crippen LogP contribution in [0.25, 0.3) is 0 Å². The first kappa shape index (κ1) is 14.8. The minimum Gasteiger partial charge on any atom is -0.352 e. The summed E-state index contributed by atoms with van der Waals surface area (Å²) in [5, 5.41) is 10.2. The molecule has 2 aliphatic rings. The molecule has 0 bridgehead atoms. The van der Waals surface area contributed by atoms with Gasteiger partial charge in [0.05, 0.1) is 17.2 Å².